The van der Waals surface area contributed by atoms with E-state index in [1.165, 1.54) is 17.7 Å². The highest BCUT2D eigenvalue weighted by atomic mass is 16.5. The second kappa shape index (κ2) is 4.14. The first-order chi connectivity index (χ1) is 7.72. The van der Waals surface area contributed by atoms with Gasteiger partial charge in [0.15, 0.2) is 0 Å². The van der Waals surface area contributed by atoms with Crippen LogP contribution >= 0.6 is 0 Å². The van der Waals surface area contributed by atoms with E-state index < -0.39 is 5.97 Å². The zero-order valence-corrected chi connectivity index (χ0v) is 8.71. The maximum Gasteiger partial charge on any atom is 0.325 e. The van der Waals surface area contributed by atoms with E-state index in [9.17, 15) is 9.59 Å². The summed E-state index contributed by atoms with van der Waals surface area (Å²) in [4.78, 5) is 26.8. The van der Waals surface area contributed by atoms with Crippen LogP contribution in [0.25, 0.3) is 10.9 Å². The van der Waals surface area contributed by atoms with Crippen molar-refractivity contribution < 1.29 is 9.53 Å². The second-order valence-corrected chi connectivity index (χ2v) is 3.27. The molecule has 0 radical (unpaired) electrons. The number of ether oxygens (including phenoxy) is 1. The van der Waals surface area contributed by atoms with Crippen LogP contribution in [0.5, 0.6) is 0 Å². The summed E-state index contributed by atoms with van der Waals surface area (Å²) < 4.78 is 5.91. The second-order valence-electron chi connectivity index (χ2n) is 3.27. The quantitative estimate of drug-likeness (QED) is 0.691. The van der Waals surface area contributed by atoms with Crippen molar-refractivity contribution in [3.05, 3.63) is 40.9 Å². The molecule has 0 fully saturated rings. The normalized spacial score (nSPS) is 10.3. The Morgan fingerprint density at radius 2 is 2.25 bits per heavy atom. The Morgan fingerprint density at radius 1 is 1.44 bits per heavy atom. The molecule has 0 aromatic carbocycles. The van der Waals surface area contributed by atoms with Crippen molar-refractivity contribution in [2.45, 2.75) is 6.54 Å². The highest BCUT2D eigenvalue weighted by molar-refractivity contribution is 5.79. The third kappa shape index (κ3) is 1.79. The van der Waals surface area contributed by atoms with Gasteiger partial charge in [0.1, 0.15) is 6.54 Å². The van der Waals surface area contributed by atoms with E-state index in [0.29, 0.717) is 5.52 Å². The predicted molar refractivity (Wildman–Crippen MR) is 58.0 cm³/mol. The van der Waals surface area contributed by atoms with Crippen LogP contribution < -0.4 is 5.56 Å². The van der Waals surface area contributed by atoms with Crippen LogP contribution in [0.2, 0.25) is 0 Å². The molecular formula is C11H10N2O3. The van der Waals surface area contributed by atoms with Gasteiger partial charge in [-0.3, -0.25) is 19.1 Å². The highest BCUT2D eigenvalue weighted by Crippen LogP contribution is 2.09. The van der Waals surface area contributed by atoms with Crippen LogP contribution in [0.1, 0.15) is 0 Å². The van der Waals surface area contributed by atoms with Crippen molar-refractivity contribution in [1.82, 2.24) is 9.55 Å². The lowest BCUT2D eigenvalue weighted by molar-refractivity contribution is -0.141. The zero-order chi connectivity index (χ0) is 11.5. The fraction of sp³-hybridized carbons (Fsp3) is 0.182. The first-order valence-corrected chi connectivity index (χ1v) is 4.73. The van der Waals surface area contributed by atoms with Gasteiger partial charge < -0.3 is 4.74 Å². The van der Waals surface area contributed by atoms with Gasteiger partial charge in [-0.15, -0.1) is 0 Å². The Labute approximate surface area is 91.3 Å². The Bertz CT molecular complexity index is 589. The van der Waals surface area contributed by atoms with Crippen LogP contribution in [-0.4, -0.2) is 22.6 Å². The summed E-state index contributed by atoms with van der Waals surface area (Å²) in [5.74, 6) is -0.452. The number of carbonyl (C=O) groups is 1. The average Bonchev–Trinajstić information content (AvgIpc) is 2.32. The Morgan fingerprint density at radius 3 is 3.00 bits per heavy atom. The lowest BCUT2D eigenvalue weighted by Gasteiger charge is -2.07. The number of pyridine rings is 2. The van der Waals surface area contributed by atoms with E-state index in [2.05, 4.69) is 9.72 Å². The van der Waals surface area contributed by atoms with Gasteiger partial charge in [-0.05, 0) is 12.1 Å². The van der Waals surface area contributed by atoms with Crippen molar-refractivity contribution in [3.8, 4) is 0 Å². The molecule has 0 amide bonds. The summed E-state index contributed by atoms with van der Waals surface area (Å²) in [5.41, 5.74) is 0.442. The summed E-state index contributed by atoms with van der Waals surface area (Å²) in [6.07, 6.45) is 3.22. The van der Waals surface area contributed by atoms with Gasteiger partial charge in [0.2, 0.25) is 0 Å². The fourth-order valence-corrected chi connectivity index (χ4v) is 1.50. The first-order valence-electron chi connectivity index (χ1n) is 4.73. The lowest BCUT2D eigenvalue weighted by atomic mass is 10.2. The van der Waals surface area contributed by atoms with E-state index in [1.54, 1.807) is 24.5 Å². The molecule has 0 N–H and O–H groups in total. The number of nitrogens with zero attached hydrogens (tertiary/aromatic N) is 2. The molecule has 2 rings (SSSR count). The van der Waals surface area contributed by atoms with E-state index in [-0.39, 0.29) is 12.1 Å². The number of methoxy groups -OCH3 is 1. The molecule has 0 saturated heterocycles. The van der Waals surface area contributed by atoms with Gasteiger partial charge in [0.25, 0.3) is 5.56 Å². The molecule has 0 aliphatic heterocycles. The van der Waals surface area contributed by atoms with Gasteiger partial charge in [-0.25, -0.2) is 0 Å². The molecule has 0 bridgehead atoms. The third-order valence-corrected chi connectivity index (χ3v) is 2.31. The fourth-order valence-electron chi connectivity index (χ4n) is 1.50. The molecule has 2 heterocycles. The van der Waals surface area contributed by atoms with E-state index in [4.69, 9.17) is 0 Å². The smallest absolute Gasteiger partial charge is 0.325 e. The van der Waals surface area contributed by atoms with Crippen LogP contribution in [0.3, 0.4) is 0 Å². The van der Waals surface area contributed by atoms with Crippen molar-refractivity contribution in [2.24, 2.45) is 0 Å². The van der Waals surface area contributed by atoms with Gasteiger partial charge in [-0.2, -0.15) is 0 Å². The maximum absolute atomic E-state index is 11.6. The van der Waals surface area contributed by atoms with Crippen LogP contribution in [0.4, 0.5) is 0 Å². The molecule has 0 aliphatic rings. The Kier molecular flexibility index (Phi) is 2.68. The van der Waals surface area contributed by atoms with Crippen LogP contribution in [-0.2, 0) is 16.1 Å². The van der Waals surface area contributed by atoms with E-state index in [0.717, 1.165) is 5.39 Å². The number of carbonyl (C=O) groups excluding carboxylic acids is 1. The number of hydrogen-bond acceptors (Lipinski definition) is 4. The summed E-state index contributed by atoms with van der Waals surface area (Å²) in [5, 5.41) is 0.811. The van der Waals surface area contributed by atoms with Gasteiger partial charge in [0, 0.05) is 23.8 Å². The third-order valence-electron chi connectivity index (χ3n) is 2.31. The number of fused-ring (bicyclic) bond motifs is 1. The van der Waals surface area contributed by atoms with E-state index >= 15 is 0 Å². The van der Waals surface area contributed by atoms with Crippen molar-refractivity contribution >= 4 is 16.9 Å². The number of aromatic nitrogens is 2. The SMILES string of the molecule is COC(=O)Cn1c(=O)ccc2cnccc21. The Hall–Kier alpha value is -2.17. The summed E-state index contributed by atoms with van der Waals surface area (Å²) in [6, 6.07) is 4.78. The van der Waals surface area contributed by atoms with Crippen LogP contribution in [0.15, 0.2) is 35.4 Å². The van der Waals surface area contributed by atoms with Crippen molar-refractivity contribution in [2.75, 3.05) is 7.11 Å². The summed E-state index contributed by atoms with van der Waals surface area (Å²) >= 11 is 0. The molecule has 2 aromatic rings. The molecular weight excluding hydrogens is 208 g/mol. The molecule has 16 heavy (non-hydrogen) atoms. The van der Waals surface area contributed by atoms with Gasteiger partial charge in [0.05, 0.1) is 12.6 Å². The number of esters is 1. The molecule has 2 aromatic heterocycles. The standard InChI is InChI=1S/C11H10N2O3/c1-16-11(15)7-13-9-4-5-12-6-8(9)2-3-10(13)14/h2-6H,7H2,1H3. The average molecular weight is 218 g/mol. The minimum Gasteiger partial charge on any atom is -0.468 e. The van der Waals surface area contributed by atoms with E-state index in [1.807, 2.05) is 0 Å². The van der Waals surface area contributed by atoms with Gasteiger partial charge >= 0.3 is 5.97 Å². The summed E-state index contributed by atoms with van der Waals surface area (Å²) in [6.45, 7) is -0.0866. The molecule has 0 unspecified atom stereocenters. The Balaban J connectivity index is 2.61. The minimum atomic E-state index is -0.452. The number of hydrogen-bond donors (Lipinski definition) is 0. The van der Waals surface area contributed by atoms with Crippen molar-refractivity contribution in [1.29, 1.82) is 0 Å². The monoisotopic (exact) mass is 218 g/mol. The summed E-state index contributed by atoms with van der Waals surface area (Å²) in [7, 11) is 1.29. The largest absolute Gasteiger partial charge is 0.468 e. The number of rotatable bonds is 2. The van der Waals surface area contributed by atoms with Crippen molar-refractivity contribution in [3.63, 3.8) is 0 Å². The zero-order valence-electron chi connectivity index (χ0n) is 8.71. The van der Waals surface area contributed by atoms with Crippen LogP contribution in [0, 0.1) is 0 Å². The lowest BCUT2D eigenvalue weighted by Crippen LogP contribution is -2.24. The predicted octanol–water partition coefficient (Wildman–Crippen LogP) is 0.569. The molecule has 5 nitrogen and oxygen atoms in total. The first kappa shape index (κ1) is 10.4. The molecule has 0 atom stereocenters. The topological polar surface area (TPSA) is 61.2 Å². The molecule has 0 spiro atoms. The molecule has 0 aliphatic carbocycles. The molecule has 5 heteroatoms. The molecule has 82 valence electrons. The maximum atomic E-state index is 11.6. The van der Waals surface area contributed by atoms with Gasteiger partial charge in [-0.1, -0.05) is 0 Å². The highest BCUT2D eigenvalue weighted by Gasteiger charge is 2.07. The molecule has 0 saturated carbocycles. The minimum absolute atomic E-state index is 0.0866.